The Morgan fingerprint density at radius 3 is 3.21 bits per heavy atom. The molecule has 0 unspecified atom stereocenters. The van der Waals surface area contributed by atoms with Gasteiger partial charge in [0.2, 0.25) is 0 Å². The Balaban J connectivity index is 1.70. The highest BCUT2D eigenvalue weighted by molar-refractivity contribution is 7.98. The summed E-state index contributed by atoms with van der Waals surface area (Å²) in [7, 11) is 0. The van der Waals surface area contributed by atoms with Crippen molar-refractivity contribution in [1.29, 1.82) is 0 Å². The van der Waals surface area contributed by atoms with Gasteiger partial charge in [-0.2, -0.15) is 11.8 Å². The van der Waals surface area contributed by atoms with Gasteiger partial charge in [-0.1, -0.05) is 0 Å². The lowest BCUT2D eigenvalue weighted by Gasteiger charge is -2.08. The molecule has 2 heterocycles. The number of nitrogens with one attached hydrogen (secondary N) is 1. The van der Waals surface area contributed by atoms with Crippen molar-refractivity contribution in [3.05, 3.63) is 23.7 Å². The first kappa shape index (κ1) is 10.1. The molecular formula is C11H17NOS. The minimum Gasteiger partial charge on any atom is -0.468 e. The molecule has 2 rings (SSSR count). The van der Waals surface area contributed by atoms with Crippen molar-refractivity contribution in [3.63, 3.8) is 0 Å². The van der Waals surface area contributed by atoms with Crippen LogP contribution >= 0.6 is 11.8 Å². The zero-order valence-corrected chi connectivity index (χ0v) is 9.40. The molecule has 0 radical (unpaired) electrons. The third kappa shape index (κ3) is 2.55. The van der Waals surface area contributed by atoms with E-state index >= 15 is 0 Å². The molecule has 1 atom stereocenters. The van der Waals surface area contributed by atoms with E-state index in [1.165, 1.54) is 30.7 Å². The maximum Gasteiger partial charge on any atom is 0.116 e. The fourth-order valence-electron chi connectivity index (χ4n) is 1.74. The van der Waals surface area contributed by atoms with Gasteiger partial charge in [-0.3, -0.25) is 0 Å². The van der Waals surface area contributed by atoms with E-state index in [1.807, 2.05) is 17.8 Å². The van der Waals surface area contributed by atoms with Gasteiger partial charge in [0.15, 0.2) is 0 Å². The van der Waals surface area contributed by atoms with E-state index in [-0.39, 0.29) is 0 Å². The van der Waals surface area contributed by atoms with Gasteiger partial charge in [0.05, 0.1) is 12.0 Å². The fourth-order valence-corrected chi connectivity index (χ4v) is 2.91. The van der Waals surface area contributed by atoms with Crippen molar-refractivity contribution in [2.75, 3.05) is 12.3 Å². The molecule has 14 heavy (non-hydrogen) atoms. The minimum absolute atomic E-state index is 0.732. The third-order valence-electron chi connectivity index (χ3n) is 2.68. The van der Waals surface area contributed by atoms with E-state index in [0.717, 1.165) is 17.6 Å². The molecule has 78 valence electrons. The lowest BCUT2D eigenvalue weighted by molar-refractivity contribution is 0.527. The van der Waals surface area contributed by atoms with Crippen LogP contribution in [0.2, 0.25) is 0 Å². The number of hydrogen-bond acceptors (Lipinski definition) is 3. The number of thioether (sulfide) groups is 1. The first-order valence-electron chi connectivity index (χ1n) is 5.20. The summed E-state index contributed by atoms with van der Waals surface area (Å²) < 4.78 is 5.39. The van der Waals surface area contributed by atoms with Crippen LogP contribution < -0.4 is 5.32 Å². The van der Waals surface area contributed by atoms with Crippen LogP contribution in [0, 0.1) is 6.92 Å². The zero-order chi connectivity index (χ0) is 9.80. The Hall–Kier alpha value is -0.410. The van der Waals surface area contributed by atoms with E-state index in [2.05, 4.69) is 12.2 Å². The highest BCUT2D eigenvalue weighted by Crippen LogP contribution is 2.19. The third-order valence-corrected chi connectivity index (χ3v) is 3.79. The van der Waals surface area contributed by atoms with Gasteiger partial charge in [0, 0.05) is 11.8 Å². The highest BCUT2D eigenvalue weighted by atomic mass is 32.2. The highest BCUT2D eigenvalue weighted by Gasteiger charge is 2.13. The Bertz CT molecular complexity index is 279. The Morgan fingerprint density at radius 1 is 1.64 bits per heavy atom. The largest absolute Gasteiger partial charge is 0.468 e. The van der Waals surface area contributed by atoms with Gasteiger partial charge in [-0.25, -0.2) is 0 Å². The van der Waals surface area contributed by atoms with E-state index < -0.39 is 0 Å². The quantitative estimate of drug-likeness (QED) is 0.828. The van der Waals surface area contributed by atoms with E-state index in [9.17, 15) is 0 Å². The number of rotatable bonds is 4. The first-order valence-corrected chi connectivity index (χ1v) is 6.36. The van der Waals surface area contributed by atoms with Gasteiger partial charge < -0.3 is 9.73 Å². The average molecular weight is 211 g/mol. The molecule has 3 heteroatoms. The van der Waals surface area contributed by atoms with Crippen LogP contribution in [0.5, 0.6) is 0 Å². The zero-order valence-electron chi connectivity index (χ0n) is 8.58. The smallest absolute Gasteiger partial charge is 0.116 e. The molecule has 1 aliphatic heterocycles. The standard InChI is InChI=1S/C11H17NOS/c1-9-4-6-13-11(9)8-14-7-10-3-2-5-12-10/h4,6,10,12H,2-3,5,7-8H2,1H3/t10-/m0/s1. The summed E-state index contributed by atoms with van der Waals surface area (Å²) in [6.45, 7) is 3.30. The van der Waals surface area contributed by atoms with Gasteiger partial charge in [-0.05, 0) is 37.9 Å². The summed E-state index contributed by atoms with van der Waals surface area (Å²) in [6, 6.07) is 2.76. The normalized spacial score (nSPS) is 21.6. The minimum atomic E-state index is 0.732. The number of hydrogen-bond donors (Lipinski definition) is 1. The second-order valence-corrected chi connectivity index (χ2v) is 4.87. The van der Waals surface area contributed by atoms with Crippen molar-refractivity contribution in [1.82, 2.24) is 5.32 Å². The van der Waals surface area contributed by atoms with Crippen molar-refractivity contribution < 1.29 is 4.42 Å². The topological polar surface area (TPSA) is 25.2 Å². The molecule has 1 aliphatic rings. The maximum absolute atomic E-state index is 5.39. The molecule has 2 nitrogen and oxygen atoms in total. The molecule has 0 amide bonds. The van der Waals surface area contributed by atoms with Crippen LogP contribution in [0.25, 0.3) is 0 Å². The Labute approximate surface area is 89.4 Å². The molecule has 1 N–H and O–H groups in total. The van der Waals surface area contributed by atoms with E-state index in [4.69, 9.17) is 4.42 Å². The van der Waals surface area contributed by atoms with Gasteiger partial charge in [-0.15, -0.1) is 0 Å². The summed E-state index contributed by atoms with van der Waals surface area (Å²) in [5.74, 6) is 3.35. The second-order valence-electron chi connectivity index (χ2n) is 3.84. The van der Waals surface area contributed by atoms with Crippen molar-refractivity contribution in [2.45, 2.75) is 31.6 Å². The number of furan rings is 1. The van der Waals surface area contributed by atoms with Crippen LogP contribution in [-0.2, 0) is 5.75 Å². The van der Waals surface area contributed by atoms with Gasteiger partial charge >= 0.3 is 0 Å². The summed E-state index contributed by atoms with van der Waals surface area (Å²) >= 11 is 1.97. The molecule has 0 spiro atoms. The molecule has 0 bridgehead atoms. The molecule has 1 aromatic rings. The lowest BCUT2D eigenvalue weighted by Crippen LogP contribution is -2.23. The first-order chi connectivity index (χ1) is 6.86. The van der Waals surface area contributed by atoms with Crippen LogP contribution in [0.4, 0.5) is 0 Å². The van der Waals surface area contributed by atoms with Crippen molar-refractivity contribution in [2.24, 2.45) is 0 Å². The fraction of sp³-hybridized carbons (Fsp3) is 0.636. The predicted octanol–water partition coefficient (Wildman–Crippen LogP) is 2.57. The molecule has 0 aromatic carbocycles. The SMILES string of the molecule is Cc1ccoc1CSC[C@@H]1CCCN1. The van der Waals surface area contributed by atoms with Crippen LogP contribution in [0.1, 0.15) is 24.2 Å². The molecule has 0 saturated carbocycles. The van der Waals surface area contributed by atoms with E-state index in [0.29, 0.717) is 0 Å². The van der Waals surface area contributed by atoms with Crippen LogP contribution in [0.15, 0.2) is 16.7 Å². The Kier molecular flexibility index (Phi) is 3.54. The molecule has 0 aliphatic carbocycles. The van der Waals surface area contributed by atoms with E-state index in [1.54, 1.807) is 6.26 Å². The average Bonchev–Trinajstić information content (AvgIpc) is 2.78. The Morgan fingerprint density at radius 2 is 2.57 bits per heavy atom. The van der Waals surface area contributed by atoms with Gasteiger partial charge in [0.25, 0.3) is 0 Å². The summed E-state index contributed by atoms with van der Waals surface area (Å²) in [6.07, 6.45) is 4.45. The molecule has 1 fully saturated rings. The summed E-state index contributed by atoms with van der Waals surface area (Å²) in [5, 5.41) is 3.50. The van der Waals surface area contributed by atoms with Crippen LogP contribution in [0.3, 0.4) is 0 Å². The van der Waals surface area contributed by atoms with Gasteiger partial charge in [0.1, 0.15) is 5.76 Å². The maximum atomic E-state index is 5.39. The molecule has 1 saturated heterocycles. The van der Waals surface area contributed by atoms with Crippen LogP contribution in [-0.4, -0.2) is 18.3 Å². The molecule has 1 aromatic heterocycles. The number of aryl methyl sites for hydroxylation is 1. The van der Waals surface area contributed by atoms with Crippen molar-refractivity contribution >= 4 is 11.8 Å². The summed E-state index contributed by atoms with van der Waals surface area (Å²) in [4.78, 5) is 0. The lowest BCUT2D eigenvalue weighted by atomic mass is 10.3. The monoisotopic (exact) mass is 211 g/mol. The second kappa shape index (κ2) is 4.89. The van der Waals surface area contributed by atoms with Crippen molar-refractivity contribution in [3.8, 4) is 0 Å². The summed E-state index contributed by atoms with van der Waals surface area (Å²) in [5.41, 5.74) is 1.27. The molecular weight excluding hydrogens is 194 g/mol. The predicted molar refractivity (Wildman–Crippen MR) is 60.6 cm³/mol.